The van der Waals surface area contributed by atoms with Crippen molar-refractivity contribution in [2.45, 2.75) is 12.8 Å². The van der Waals surface area contributed by atoms with Crippen LogP contribution < -0.4 is 10.6 Å². The van der Waals surface area contributed by atoms with Crippen molar-refractivity contribution < 1.29 is 9.59 Å². The number of benzene rings is 1. The van der Waals surface area contributed by atoms with Gasteiger partial charge >= 0.3 is 0 Å². The minimum absolute atomic E-state index is 0.228. The van der Waals surface area contributed by atoms with E-state index in [9.17, 15) is 9.59 Å². The quantitative estimate of drug-likeness (QED) is 0.844. The zero-order valence-corrected chi connectivity index (χ0v) is 12.5. The number of carbonyl (C=O) groups excluding carboxylic acids is 2. The number of piperidine rings is 1. The molecule has 5 nitrogen and oxygen atoms in total. The Morgan fingerprint density at radius 2 is 2.05 bits per heavy atom. The molecule has 1 unspecified atom stereocenters. The molecule has 2 N–H and O–H groups in total. The van der Waals surface area contributed by atoms with E-state index < -0.39 is 0 Å². The SMILES string of the molecule is CNCC1CCCN(CC(=O)NC(=O)c2ccccc2)C1. The van der Waals surface area contributed by atoms with Crippen molar-refractivity contribution in [3.8, 4) is 0 Å². The summed E-state index contributed by atoms with van der Waals surface area (Å²) in [6.07, 6.45) is 2.30. The van der Waals surface area contributed by atoms with Gasteiger partial charge in [0.15, 0.2) is 0 Å². The maximum Gasteiger partial charge on any atom is 0.257 e. The van der Waals surface area contributed by atoms with Gasteiger partial charge in [-0.05, 0) is 51.0 Å². The topological polar surface area (TPSA) is 61.4 Å². The molecule has 1 aliphatic rings. The van der Waals surface area contributed by atoms with Crippen LogP contribution in [-0.4, -0.2) is 49.9 Å². The second-order valence-corrected chi connectivity index (χ2v) is 5.54. The van der Waals surface area contributed by atoms with E-state index in [1.54, 1.807) is 24.3 Å². The van der Waals surface area contributed by atoms with Gasteiger partial charge < -0.3 is 5.32 Å². The Kier molecular flexibility index (Phi) is 5.90. The molecule has 1 aliphatic heterocycles. The smallest absolute Gasteiger partial charge is 0.257 e. The van der Waals surface area contributed by atoms with Gasteiger partial charge in [0, 0.05) is 12.1 Å². The van der Waals surface area contributed by atoms with Crippen molar-refractivity contribution in [3.05, 3.63) is 35.9 Å². The summed E-state index contributed by atoms with van der Waals surface area (Å²) in [5.74, 6) is 0.0275. The second-order valence-electron chi connectivity index (χ2n) is 5.54. The lowest BCUT2D eigenvalue weighted by Crippen LogP contribution is -2.45. The summed E-state index contributed by atoms with van der Waals surface area (Å²) in [4.78, 5) is 26.0. The Morgan fingerprint density at radius 3 is 2.76 bits per heavy atom. The number of nitrogens with one attached hydrogen (secondary N) is 2. The first-order valence-corrected chi connectivity index (χ1v) is 7.45. The molecule has 114 valence electrons. The number of hydrogen-bond acceptors (Lipinski definition) is 4. The zero-order valence-electron chi connectivity index (χ0n) is 12.5. The molecule has 0 spiro atoms. The number of carbonyl (C=O) groups is 2. The molecular formula is C16H23N3O2. The van der Waals surface area contributed by atoms with Crippen LogP contribution in [0.4, 0.5) is 0 Å². The zero-order chi connectivity index (χ0) is 15.1. The van der Waals surface area contributed by atoms with Gasteiger partial charge in [0.05, 0.1) is 6.54 Å². The number of nitrogens with zero attached hydrogens (tertiary/aromatic N) is 1. The lowest BCUT2D eigenvalue weighted by Gasteiger charge is -2.32. The highest BCUT2D eigenvalue weighted by atomic mass is 16.2. The summed E-state index contributed by atoms with van der Waals surface area (Å²) in [5.41, 5.74) is 0.512. The molecule has 0 radical (unpaired) electrons. The normalized spacial score (nSPS) is 19.2. The monoisotopic (exact) mass is 289 g/mol. The average molecular weight is 289 g/mol. The van der Waals surface area contributed by atoms with Gasteiger partial charge in [0.25, 0.3) is 5.91 Å². The highest BCUT2D eigenvalue weighted by Gasteiger charge is 2.21. The first-order valence-electron chi connectivity index (χ1n) is 7.45. The molecule has 5 heteroatoms. The molecule has 2 amide bonds. The van der Waals surface area contributed by atoms with Crippen LogP contribution in [0.3, 0.4) is 0 Å². The summed E-state index contributed by atoms with van der Waals surface area (Å²) >= 11 is 0. The van der Waals surface area contributed by atoms with Crippen molar-refractivity contribution in [3.63, 3.8) is 0 Å². The van der Waals surface area contributed by atoms with Crippen molar-refractivity contribution in [2.24, 2.45) is 5.92 Å². The molecule has 21 heavy (non-hydrogen) atoms. The fourth-order valence-electron chi connectivity index (χ4n) is 2.78. The molecule has 0 aliphatic carbocycles. The van der Waals surface area contributed by atoms with Gasteiger partial charge in [-0.2, -0.15) is 0 Å². The van der Waals surface area contributed by atoms with E-state index >= 15 is 0 Å². The third-order valence-corrected chi connectivity index (χ3v) is 3.75. The Morgan fingerprint density at radius 1 is 1.29 bits per heavy atom. The highest BCUT2D eigenvalue weighted by Crippen LogP contribution is 2.15. The summed E-state index contributed by atoms with van der Waals surface area (Å²) in [6.45, 7) is 3.10. The van der Waals surface area contributed by atoms with Crippen LogP contribution in [0.1, 0.15) is 23.2 Å². The van der Waals surface area contributed by atoms with Crippen molar-refractivity contribution >= 4 is 11.8 Å². The van der Waals surface area contributed by atoms with E-state index in [1.807, 2.05) is 13.1 Å². The number of rotatable bonds is 5. The van der Waals surface area contributed by atoms with E-state index in [1.165, 1.54) is 6.42 Å². The van der Waals surface area contributed by atoms with Crippen molar-refractivity contribution in [2.75, 3.05) is 33.2 Å². The number of likely N-dealkylation sites (tertiary alicyclic amines) is 1. The lowest BCUT2D eigenvalue weighted by molar-refractivity contribution is -0.121. The van der Waals surface area contributed by atoms with Gasteiger partial charge in [-0.25, -0.2) is 0 Å². The third-order valence-electron chi connectivity index (χ3n) is 3.75. The first kappa shape index (κ1) is 15.7. The van der Waals surface area contributed by atoms with Crippen LogP contribution in [0.2, 0.25) is 0 Å². The van der Waals surface area contributed by atoms with Gasteiger partial charge in [-0.1, -0.05) is 18.2 Å². The summed E-state index contributed by atoms with van der Waals surface area (Å²) in [6, 6.07) is 8.81. The van der Waals surface area contributed by atoms with E-state index in [4.69, 9.17) is 0 Å². The standard InChI is InChI=1S/C16H23N3O2/c1-17-10-13-6-5-9-19(11-13)12-15(20)18-16(21)14-7-3-2-4-8-14/h2-4,7-8,13,17H,5-6,9-12H2,1H3,(H,18,20,21). The fourth-order valence-corrected chi connectivity index (χ4v) is 2.78. The van der Waals surface area contributed by atoms with Crippen LogP contribution in [0.5, 0.6) is 0 Å². The van der Waals surface area contributed by atoms with Crippen molar-refractivity contribution in [1.82, 2.24) is 15.5 Å². The minimum Gasteiger partial charge on any atom is -0.319 e. The highest BCUT2D eigenvalue weighted by molar-refractivity contribution is 6.05. The van der Waals surface area contributed by atoms with Crippen LogP contribution in [0, 0.1) is 5.92 Å². The Hall–Kier alpha value is -1.72. The Labute approximate surface area is 125 Å². The summed E-state index contributed by atoms with van der Waals surface area (Å²) < 4.78 is 0. The van der Waals surface area contributed by atoms with Gasteiger partial charge in [-0.3, -0.25) is 19.8 Å². The molecule has 1 aromatic carbocycles. The number of hydrogen-bond donors (Lipinski definition) is 2. The average Bonchev–Trinajstić information content (AvgIpc) is 2.48. The lowest BCUT2D eigenvalue weighted by atomic mass is 9.98. The predicted octanol–water partition coefficient (Wildman–Crippen LogP) is 0.874. The van der Waals surface area contributed by atoms with E-state index in [0.717, 1.165) is 26.1 Å². The molecule has 1 aromatic rings. The van der Waals surface area contributed by atoms with Crippen molar-refractivity contribution in [1.29, 1.82) is 0 Å². The molecule has 1 heterocycles. The van der Waals surface area contributed by atoms with Gasteiger partial charge in [0.1, 0.15) is 0 Å². The van der Waals surface area contributed by atoms with E-state index in [-0.39, 0.29) is 11.8 Å². The molecule has 0 saturated carbocycles. The summed E-state index contributed by atoms with van der Waals surface area (Å²) in [5, 5.41) is 5.64. The first-order chi connectivity index (χ1) is 10.2. The fraction of sp³-hybridized carbons (Fsp3) is 0.500. The van der Waals surface area contributed by atoms with Crippen LogP contribution in [0.25, 0.3) is 0 Å². The van der Waals surface area contributed by atoms with Crippen LogP contribution in [0.15, 0.2) is 30.3 Å². The molecule has 0 aromatic heterocycles. The Bertz CT molecular complexity index is 474. The molecule has 0 bridgehead atoms. The Balaban J connectivity index is 1.80. The molecule has 1 atom stereocenters. The molecule has 1 saturated heterocycles. The summed E-state index contributed by atoms with van der Waals surface area (Å²) in [7, 11) is 1.95. The minimum atomic E-state index is -0.329. The predicted molar refractivity (Wildman–Crippen MR) is 82.0 cm³/mol. The van der Waals surface area contributed by atoms with E-state index in [0.29, 0.717) is 18.0 Å². The largest absolute Gasteiger partial charge is 0.319 e. The molecule has 2 rings (SSSR count). The van der Waals surface area contributed by atoms with Crippen LogP contribution >= 0.6 is 0 Å². The van der Waals surface area contributed by atoms with Gasteiger partial charge in [0.2, 0.25) is 5.91 Å². The second kappa shape index (κ2) is 7.90. The van der Waals surface area contributed by atoms with Gasteiger partial charge in [-0.15, -0.1) is 0 Å². The van der Waals surface area contributed by atoms with E-state index in [2.05, 4.69) is 15.5 Å². The maximum absolute atomic E-state index is 12.0. The molecular weight excluding hydrogens is 266 g/mol. The molecule has 1 fully saturated rings. The number of imide groups is 1. The maximum atomic E-state index is 12.0. The van der Waals surface area contributed by atoms with Crippen LogP contribution in [-0.2, 0) is 4.79 Å². The number of amides is 2. The third kappa shape index (κ3) is 4.95.